The summed E-state index contributed by atoms with van der Waals surface area (Å²) >= 11 is 7.61. The predicted octanol–water partition coefficient (Wildman–Crippen LogP) is 5.45. The Bertz CT molecular complexity index is 572. The first-order valence-corrected chi connectivity index (χ1v) is 7.34. The number of anilines is 1. The van der Waals surface area contributed by atoms with Crippen molar-refractivity contribution < 1.29 is 4.39 Å². The molecular weight excluding hydrogens is 281 g/mol. The molecule has 0 bridgehead atoms. The molecule has 0 spiro atoms. The fourth-order valence-electron chi connectivity index (χ4n) is 1.69. The molecule has 2 aromatic rings. The zero-order chi connectivity index (χ0) is 14.0. The van der Waals surface area contributed by atoms with Crippen LogP contribution in [0.5, 0.6) is 0 Å². The van der Waals surface area contributed by atoms with Gasteiger partial charge in [0.15, 0.2) is 0 Å². The summed E-state index contributed by atoms with van der Waals surface area (Å²) in [5.74, 6) is -0.281. The summed E-state index contributed by atoms with van der Waals surface area (Å²) < 4.78 is 13.5. The van der Waals surface area contributed by atoms with E-state index in [0.29, 0.717) is 17.3 Å². The number of thiophene rings is 1. The minimum Gasteiger partial charge on any atom is -0.378 e. The van der Waals surface area contributed by atoms with Crippen molar-refractivity contribution in [2.75, 3.05) is 5.32 Å². The first kappa shape index (κ1) is 14.4. The lowest BCUT2D eigenvalue weighted by Crippen LogP contribution is -2.07. The lowest BCUT2D eigenvalue weighted by molar-refractivity contribution is 0.604. The molecule has 0 aliphatic carbocycles. The summed E-state index contributed by atoms with van der Waals surface area (Å²) in [6, 6.07) is 8.75. The third-order valence-corrected chi connectivity index (χ3v) is 4.53. The second-order valence-corrected chi connectivity index (χ2v) is 7.10. The molecule has 1 N–H and O–H groups in total. The number of hydrogen-bond donors (Lipinski definition) is 1. The van der Waals surface area contributed by atoms with Gasteiger partial charge >= 0.3 is 0 Å². The van der Waals surface area contributed by atoms with Gasteiger partial charge in [-0.15, -0.1) is 11.3 Å². The summed E-state index contributed by atoms with van der Waals surface area (Å²) in [5.41, 5.74) is 0.600. The molecule has 1 aromatic carbocycles. The van der Waals surface area contributed by atoms with Crippen LogP contribution in [0.15, 0.2) is 30.3 Å². The Kier molecular flexibility index (Phi) is 4.16. The van der Waals surface area contributed by atoms with E-state index in [0.717, 1.165) is 0 Å². The largest absolute Gasteiger partial charge is 0.378 e. The zero-order valence-electron chi connectivity index (χ0n) is 11.3. The van der Waals surface area contributed by atoms with Gasteiger partial charge in [0, 0.05) is 21.3 Å². The van der Waals surface area contributed by atoms with Crippen LogP contribution >= 0.6 is 22.9 Å². The van der Waals surface area contributed by atoms with E-state index < -0.39 is 0 Å². The molecule has 0 atom stereocenters. The van der Waals surface area contributed by atoms with Crippen molar-refractivity contribution in [1.29, 1.82) is 0 Å². The van der Waals surface area contributed by atoms with Gasteiger partial charge < -0.3 is 5.32 Å². The van der Waals surface area contributed by atoms with Gasteiger partial charge in [0.05, 0.1) is 5.69 Å². The summed E-state index contributed by atoms with van der Waals surface area (Å²) in [5, 5.41) is 3.62. The average molecular weight is 298 g/mol. The lowest BCUT2D eigenvalue weighted by Gasteiger charge is -2.15. The van der Waals surface area contributed by atoms with Crippen molar-refractivity contribution >= 4 is 28.6 Å². The molecule has 0 saturated heterocycles. The van der Waals surface area contributed by atoms with E-state index in [-0.39, 0.29) is 11.2 Å². The Hall–Kier alpha value is -1.06. The third-order valence-electron chi connectivity index (χ3n) is 2.78. The van der Waals surface area contributed by atoms with Crippen molar-refractivity contribution in [1.82, 2.24) is 0 Å². The Morgan fingerprint density at radius 3 is 2.58 bits per heavy atom. The molecular formula is C15H17ClFNS. The molecule has 0 radical (unpaired) electrons. The van der Waals surface area contributed by atoms with Crippen LogP contribution in [0.1, 0.15) is 30.5 Å². The number of nitrogens with one attached hydrogen (secondary N) is 1. The SMILES string of the molecule is CC(C)(C)c1ccc(CNc2cc(Cl)ccc2F)s1. The van der Waals surface area contributed by atoms with Gasteiger partial charge in [0.1, 0.15) is 5.82 Å². The molecule has 0 aliphatic heterocycles. The van der Waals surface area contributed by atoms with E-state index in [1.165, 1.54) is 15.8 Å². The van der Waals surface area contributed by atoms with Crippen LogP contribution in [0.25, 0.3) is 0 Å². The van der Waals surface area contributed by atoms with Crippen LogP contribution in [0, 0.1) is 5.82 Å². The Morgan fingerprint density at radius 1 is 1.21 bits per heavy atom. The molecule has 4 heteroatoms. The summed E-state index contributed by atoms with van der Waals surface area (Å²) in [6.07, 6.45) is 0. The maximum atomic E-state index is 13.5. The summed E-state index contributed by atoms with van der Waals surface area (Å²) in [4.78, 5) is 2.51. The molecule has 19 heavy (non-hydrogen) atoms. The second-order valence-electron chi connectivity index (χ2n) is 5.49. The van der Waals surface area contributed by atoms with E-state index >= 15 is 0 Å². The van der Waals surface area contributed by atoms with Crippen molar-refractivity contribution in [2.24, 2.45) is 0 Å². The second kappa shape index (κ2) is 5.51. The molecule has 0 unspecified atom stereocenters. The maximum absolute atomic E-state index is 13.5. The van der Waals surface area contributed by atoms with Crippen LogP contribution in [-0.2, 0) is 12.0 Å². The summed E-state index contributed by atoms with van der Waals surface area (Å²) in [6.45, 7) is 7.17. The van der Waals surface area contributed by atoms with Gasteiger partial charge in [-0.1, -0.05) is 32.4 Å². The van der Waals surface area contributed by atoms with Gasteiger partial charge in [-0.25, -0.2) is 4.39 Å². The van der Waals surface area contributed by atoms with Crippen LogP contribution in [-0.4, -0.2) is 0 Å². The van der Waals surface area contributed by atoms with E-state index in [4.69, 9.17) is 11.6 Å². The van der Waals surface area contributed by atoms with Crippen LogP contribution in [0.4, 0.5) is 10.1 Å². The quantitative estimate of drug-likeness (QED) is 0.794. The minimum absolute atomic E-state index is 0.157. The van der Waals surface area contributed by atoms with Gasteiger partial charge in [0.2, 0.25) is 0 Å². The topological polar surface area (TPSA) is 12.0 Å². The number of benzene rings is 1. The normalized spacial score (nSPS) is 11.6. The summed E-state index contributed by atoms with van der Waals surface area (Å²) in [7, 11) is 0. The highest BCUT2D eigenvalue weighted by molar-refractivity contribution is 7.12. The Balaban J connectivity index is 2.06. The number of halogens is 2. The lowest BCUT2D eigenvalue weighted by atomic mass is 9.95. The molecule has 0 aliphatic rings. The van der Waals surface area contributed by atoms with Crippen LogP contribution < -0.4 is 5.32 Å². The monoisotopic (exact) mass is 297 g/mol. The highest BCUT2D eigenvalue weighted by atomic mass is 35.5. The van der Waals surface area contributed by atoms with E-state index in [9.17, 15) is 4.39 Å². The van der Waals surface area contributed by atoms with E-state index in [1.807, 2.05) is 0 Å². The molecule has 2 rings (SSSR count). The highest BCUT2D eigenvalue weighted by Crippen LogP contribution is 2.30. The third kappa shape index (κ3) is 3.71. The fraction of sp³-hybridized carbons (Fsp3) is 0.333. The maximum Gasteiger partial charge on any atom is 0.146 e. The smallest absolute Gasteiger partial charge is 0.146 e. The number of rotatable bonds is 3. The van der Waals surface area contributed by atoms with Crippen molar-refractivity contribution in [3.05, 3.63) is 50.9 Å². The average Bonchev–Trinajstić information content (AvgIpc) is 2.79. The molecule has 0 fully saturated rings. The van der Waals surface area contributed by atoms with Gasteiger partial charge in [-0.2, -0.15) is 0 Å². The van der Waals surface area contributed by atoms with Gasteiger partial charge in [-0.3, -0.25) is 0 Å². The predicted molar refractivity (Wildman–Crippen MR) is 81.8 cm³/mol. The number of hydrogen-bond acceptors (Lipinski definition) is 2. The Morgan fingerprint density at radius 2 is 1.95 bits per heavy atom. The minimum atomic E-state index is -0.281. The van der Waals surface area contributed by atoms with E-state index in [2.05, 4.69) is 38.2 Å². The molecule has 0 amide bonds. The molecule has 1 heterocycles. The standard InChI is InChI=1S/C15H17ClFNS/c1-15(2,3)14-7-5-11(19-14)9-18-13-8-10(16)4-6-12(13)17/h4-8,18H,9H2,1-3H3. The first-order valence-electron chi connectivity index (χ1n) is 6.14. The Labute approximate surface area is 122 Å². The van der Waals surface area contributed by atoms with Gasteiger partial charge in [0.25, 0.3) is 0 Å². The first-order chi connectivity index (χ1) is 8.86. The van der Waals surface area contributed by atoms with Crippen LogP contribution in [0.2, 0.25) is 5.02 Å². The van der Waals surface area contributed by atoms with Gasteiger partial charge in [-0.05, 0) is 35.7 Å². The van der Waals surface area contributed by atoms with E-state index in [1.54, 1.807) is 23.5 Å². The fourth-order valence-corrected chi connectivity index (χ4v) is 2.87. The van der Waals surface area contributed by atoms with Crippen LogP contribution in [0.3, 0.4) is 0 Å². The van der Waals surface area contributed by atoms with Crippen molar-refractivity contribution in [3.8, 4) is 0 Å². The molecule has 0 saturated carbocycles. The molecule has 1 nitrogen and oxygen atoms in total. The zero-order valence-corrected chi connectivity index (χ0v) is 12.8. The highest BCUT2D eigenvalue weighted by Gasteiger charge is 2.16. The van der Waals surface area contributed by atoms with Crippen molar-refractivity contribution in [2.45, 2.75) is 32.7 Å². The molecule has 1 aromatic heterocycles. The van der Waals surface area contributed by atoms with Crippen molar-refractivity contribution in [3.63, 3.8) is 0 Å². The molecule has 102 valence electrons.